The number of nitrogens with zero attached hydrogens (tertiary/aromatic N) is 4. The standard InChI is InChI=1S/C25H15F2N5O2S/c26-14-9-10-21(17(27)11-14)32-24(34)15-5-1-2-6-18(15)31-25(32)35-13-22(33)16(12-28)23-29-19-7-3-4-8-20(19)30-23/h1-11,33H,13H2,(H,29,30). The van der Waals surface area contributed by atoms with E-state index >= 15 is 0 Å². The van der Waals surface area contributed by atoms with Crippen LogP contribution in [0, 0.1) is 23.0 Å². The Balaban J connectivity index is 1.59. The topological polar surface area (TPSA) is 108 Å². The third-order valence-corrected chi connectivity index (χ3v) is 6.21. The largest absolute Gasteiger partial charge is 0.510 e. The molecule has 0 aliphatic heterocycles. The van der Waals surface area contributed by atoms with Crippen molar-refractivity contribution in [1.29, 1.82) is 5.26 Å². The van der Waals surface area contributed by atoms with Gasteiger partial charge in [0.25, 0.3) is 5.56 Å². The molecular weight excluding hydrogens is 472 g/mol. The lowest BCUT2D eigenvalue weighted by Gasteiger charge is -2.14. The minimum absolute atomic E-state index is 0.0626. The second-order valence-electron chi connectivity index (χ2n) is 7.47. The number of benzene rings is 3. The molecule has 10 heteroatoms. The molecule has 0 radical (unpaired) electrons. The molecule has 0 spiro atoms. The molecule has 0 saturated carbocycles. The highest BCUT2D eigenvalue weighted by atomic mass is 32.2. The number of aromatic amines is 1. The molecule has 0 aliphatic carbocycles. The first-order valence-electron chi connectivity index (χ1n) is 10.3. The van der Waals surface area contributed by atoms with Crippen molar-refractivity contribution in [3.05, 3.63) is 100 Å². The van der Waals surface area contributed by atoms with E-state index in [4.69, 9.17) is 0 Å². The van der Waals surface area contributed by atoms with E-state index in [-0.39, 0.29) is 39.1 Å². The average molecular weight is 487 g/mol. The molecule has 172 valence electrons. The van der Waals surface area contributed by atoms with Crippen LogP contribution in [0.3, 0.4) is 0 Å². The van der Waals surface area contributed by atoms with Crippen LogP contribution in [0.15, 0.2) is 82.4 Å². The number of thioether (sulfide) groups is 1. The number of halogens is 2. The number of hydrogen-bond acceptors (Lipinski definition) is 6. The van der Waals surface area contributed by atoms with Gasteiger partial charge in [0.05, 0.1) is 33.4 Å². The number of para-hydroxylation sites is 3. The number of aromatic nitrogens is 4. The maximum absolute atomic E-state index is 14.6. The first-order valence-corrected chi connectivity index (χ1v) is 11.3. The molecule has 2 N–H and O–H groups in total. The van der Waals surface area contributed by atoms with Gasteiger partial charge in [0.1, 0.15) is 29.0 Å². The van der Waals surface area contributed by atoms with Crippen LogP contribution in [0.2, 0.25) is 0 Å². The third kappa shape index (κ3) is 4.13. The second kappa shape index (κ2) is 9.04. The van der Waals surface area contributed by atoms with Crippen LogP contribution >= 0.6 is 11.8 Å². The number of aliphatic hydroxyl groups is 1. The summed E-state index contributed by atoms with van der Waals surface area (Å²) in [5, 5.41) is 20.7. The fraction of sp³-hybridized carbons (Fsp3) is 0.0400. The van der Waals surface area contributed by atoms with E-state index < -0.39 is 17.2 Å². The van der Waals surface area contributed by atoms with Crippen LogP contribution in [0.4, 0.5) is 8.78 Å². The second-order valence-corrected chi connectivity index (χ2v) is 8.42. The predicted octanol–water partition coefficient (Wildman–Crippen LogP) is 5.13. The van der Waals surface area contributed by atoms with Gasteiger partial charge in [-0.15, -0.1) is 0 Å². The number of allylic oxidation sites excluding steroid dienone is 1. The van der Waals surface area contributed by atoms with Gasteiger partial charge < -0.3 is 10.1 Å². The van der Waals surface area contributed by atoms with Crippen LogP contribution < -0.4 is 5.56 Å². The van der Waals surface area contributed by atoms with Crippen LogP contribution in [0.1, 0.15) is 5.82 Å². The lowest BCUT2D eigenvalue weighted by Crippen LogP contribution is -2.23. The zero-order valence-corrected chi connectivity index (χ0v) is 18.7. The Morgan fingerprint density at radius 1 is 1.06 bits per heavy atom. The van der Waals surface area contributed by atoms with Crippen molar-refractivity contribution in [2.75, 3.05) is 5.75 Å². The first-order chi connectivity index (χ1) is 17.0. The molecule has 0 unspecified atom stereocenters. The molecule has 2 heterocycles. The van der Waals surface area contributed by atoms with E-state index in [2.05, 4.69) is 15.0 Å². The number of rotatable bonds is 5. The number of imidazole rings is 1. The Hall–Kier alpha value is -4.49. The van der Waals surface area contributed by atoms with Crippen molar-refractivity contribution < 1.29 is 13.9 Å². The molecule has 5 rings (SSSR count). The molecule has 0 atom stereocenters. The number of hydrogen-bond donors (Lipinski definition) is 2. The van der Waals surface area contributed by atoms with Gasteiger partial charge in [-0.3, -0.25) is 9.36 Å². The van der Waals surface area contributed by atoms with E-state index in [1.54, 1.807) is 42.5 Å². The number of nitriles is 1. The van der Waals surface area contributed by atoms with Crippen molar-refractivity contribution in [3.8, 4) is 11.8 Å². The van der Waals surface area contributed by atoms with Gasteiger partial charge >= 0.3 is 0 Å². The Kier molecular flexibility index (Phi) is 5.76. The number of fused-ring (bicyclic) bond motifs is 2. The fourth-order valence-corrected chi connectivity index (χ4v) is 4.50. The number of nitrogens with one attached hydrogen (secondary N) is 1. The first kappa shape index (κ1) is 22.3. The summed E-state index contributed by atoms with van der Waals surface area (Å²) >= 11 is 0.928. The summed E-state index contributed by atoms with van der Waals surface area (Å²) in [4.78, 5) is 25.0. The maximum atomic E-state index is 14.6. The Labute approximate surface area is 201 Å². The van der Waals surface area contributed by atoms with Gasteiger partial charge in [0.2, 0.25) is 0 Å². The van der Waals surface area contributed by atoms with E-state index in [0.717, 1.165) is 28.5 Å². The molecule has 7 nitrogen and oxygen atoms in total. The average Bonchev–Trinajstić information content (AvgIpc) is 3.28. The minimum Gasteiger partial charge on any atom is -0.510 e. The Morgan fingerprint density at radius 2 is 1.80 bits per heavy atom. The van der Waals surface area contributed by atoms with E-state index in [0.29, 0.717) is 22.6 Å². The Morgan fingerprint density at radius 3 is 2.54 bits per heavy atom. The minimum atomic E-state index is -0.939. The lowest BCUT2D eigenvalue weighted by molar-refractivity contribution is 0.420. The summed E-state index contributed by atoms with van der Waals surface area (Å²) in [5.41, 5.74) is 0.903. The highest BCUT2D eigenvalue weighted by Crippen LogP contribution is 2.27. The summed E-state index contributed by atoms with van der Waals surface area (Å²) in [6.07, 6.45) is 0. The molecule has 0 amide bonds. The SMILES string of the molecule is N#CC(=C(O)CSc1nc2ccccc2c(=O)n1-c1ccc(F)cc1F)c1nc2ccccc2[nH]1. The third-order valence-electron chi connectivity index (χ3n) is 5.26. The smallest absolute Gasteiger partial charge is 0.266 e. The van der Waals surface area contributed by atoms with Gasteiger partial charge in [0, 0.05) is 6.07 Å². The van der Waals surface area contributed by atoms with Gasteiger partial charge in [-0.25, -0.2) is 18.7 Å². The van der Waals surface area contributed by atoms with Crippen LogP contribution in [0.5, 0.6) is 0 Å². The van der Waals surface area contributed by atoms with E-state index in [1.807, 2.05) is 12.1 Å². The molecule has 3 aromatic carbocycles. The highest BCUT2D eigenvalue weighted by molar-refractivity contribution is 7.99. The van der Waals surface area contributed by atoms with Gasteiger partial charge in [-0.1, -0.05) is 36.0 Å². The summed E-state index contributed by atoms with van der Waals surface area (Å²) in [6, 6.07) is 18.6. The molecule has 0 saturated heterocycles. The van der Waals surface area contributed by atoms with Gasteiger partial charge in [-0.05, 0) is 36.4 Å². The highest BCUT2D eigenvalue weighted by Gasteiger charge is 2.19. The number of aliphatic hydroxyl groups excluding tert-OH is 1. The van der Waals surface area contributed by atoms with E-state index in [1.165, 1.54) is 0 Å². The van der Waals surface area contributed by atoms with Gasteiger partial charge in [0.15, 0.2) is 11.0 Å². The molecule has 0 fully saturated rings. The quantitative estimate of drug-likeness (QED) is 0.154. The van der Waals surface area contributed by atoms with Crippen molar-refractivity contribution in [2.45, 2.75) is 5.16 Å². The molecule has 0 aliphatic rings. The fourth-order valence-electron chi connectivity index (χ4n) is 3.61. The molecule has 5 aromatic rings. The summed E-state index contributed by atoms with van der Waals surface area (Å²) in [7, 11) is 0. The lowest BCUT2D eigenvalue weighted by atomic mass is 10.2. The summed E-state index contributed by atoms with van der Waals surface area (Å²) in [5.74, 6) is -1.99. The molecule has 2 aromatic heterocycles. The molecule has 0 bridgehead atoms. The molecule has 35 heavy (non-hydrogen) atoms. The summed E-state index contributed by atoms with van der Waals surface area (Å²) < 4.78 is 29.2. The van der Waals surface area contributed by atoms with Crippen molar-refractivity contribution >= 4 is 39.3 Å². The molecular formula is C25H15F2N5O2S. The van der Waals surface area contributed by atoms with Crippen LogP contribution in [-0.4, -0.2) is 30.4 Å². The number of H-pyrrole nitrogens is 1. The Bertz CT molecular complexity index is 1700. The monoisotopic (exact) mass is 487 g/mol. The van der Waals surface area contributed by atoms with Crippen LogP contribution in [-0.2, 0) is 0 Å². The van der Waals surface area contributed by atoms with Crippen molar-refractivity contribution in [1.82, 2.24) is 19.5 Å². The zero-order chi connectivity index (χ0) is 24.5. The zero-order valence-electron chi connectivity index (χ0n) is 17.9. The van der Waals surface area contributed by atoms with Crippen molar-refractivity contribution in [2.24, 2.45) is 0 Å². The normalized spacial score (nSPS) is 12.0. The van der Waals surface area contributed by atoms with Crippen molar-refractivity contribution in [3.63, 3.8) is 0 Å². The van der Waals surface area contributed by atoms with Crippen LogP contribution in [0.25, 0.3) is 33.2 Å². The predicted molar refractivity (Wildman–Crippen MR) is 129 cm³/mol. The maximum Gasteiger partial charge on any atom is 0.266 e. The van der Waals surface area contributed by atoms with Gasteiger partial charge in [-0.2, -0.15) is 5.26 Å². The van der Waals surface area contributed by atoms with E-state index in [9.17, 15) is 23.9 Å². The summed E-state index contributed by atoms with van der Waals surface area (Å²) in [6.45, 7) is 0.